The number of aryl methyl sites for hydroxylation is 1. The molecule has 0 fully saturated rings. The van der Waals surface area contributed by atoms with Gasteiger partial charge in [0.1, 0.15) is 5.01 Å². The number of ketones is 1. The number of hydrogen-bond acceptors (Lipinski definition) is 9. The number of esters is 1. The summed E-state index contributed by atoms with van der Waals surface area (Å²) in [6.45, 7) is 3.24. The Morgan fingerprint density at radius 3 is 2.36 bits per heavy atom. The summed E-state index contributed by atoms with van der Waals surface area (Å²) >= 11 is 2.38. The first kappa shape index (κ1) is 20.2. The average molecular weight is 419 g/mol. The standard InChI is InChI=1S/C18H17N3O5S2/c1-3-26-15(23)8-14(28-18-20-19-10(2)27-18)13(22)9-21-16(24)11-6-4-5-7-12(11)17(21)25/h4-7,14H,3,8-9H2,1-2H3. The summed E-state index contributed by atoms with van der Waals surface area (Å²) in [5.74, 6) is -1.99. The number of Topliss-reactive ketones (excluding diaryl/α,β-unsaturated/α-hetero) is 1. The van der Waals surface area contributed by atoms with Crippen molar-refractivity contribution in [3.8, 4) is 0 Å². The van der Waals surface area contributed by atoms with E-state index in [1.807, 2.05) is 0 Å². The van der Waals surface area contributed by atoms with E-state index in [1.165, 1.54) is 11.3 Å². The molecule has 0 aliphatic carbocycles. The van der Waals surface area contributed by atoms with Gasteiger partial charge < -0.3 is 4.74 Å². The highest BCUT2D eigenvalue weighted by Gasteiger charge is 2.38. The van der Waals surface area contributed by atoms with Crippen LogP contribution in [0.15, 0.2) is 28.6 Å². The molecule has 2 amide bonds. The minimum Gasteiger partial charge on any atom is -0.466 e. The van der Waals surface area contributed by atoms with Crippen molar-refractivity contribution >= 4 is 46.7 Å². The molecular weight excluding hydrogens is 402 g/mol. The average Bonchev–Trinajstić information content (AvgIpc) is 3.18. The maximum atomic E-state index is 12.9. The number of nitrogens with zero attached hydrogens (tertiary/aromatic N) is 3. The number of rotatable bonds is 8. The molecule has 0 saturated carbocycles. The van der Waals surface area contributed by atoms with Crippen molar-refractivity contribution in [3.63, 3.8) is 0 Å². The number of amides is 2. The highest BCUT2D eigenvalue weighted by molar-refractivity contribution is 8.02. The molecule has 0 bridgehead atoms. The molecule has 2 aromatic rings. The van der Waals surface area contributed by atoms with Gasteiger partial charge in [-0.05, 0) is 26.0 Å². The van der Waals surface area contributed by atoms with Crippen molar-refractivity contribution in [2.75, 3.05) is 13.2 Å². The largest absolute Gasteiger partial charge is 0.466 e. The summed E-state index contributed by atoms with van der Waals surface area (Å²) in [7, 11) is 0. The monoisotopic (exact) mass is 419 g/mol. The van der Waals surface area contributed by atoms with Gasteiger partial charge in [0.2, 0.25) is 0 Å². The van der Waals surface area contributed by atoms with Gasteiger partial charge in [-0.25, -0.2) is 0 Å². The fourth-order valence-corrected chi connectivity index (χ4v) is 4.76. The van der Waals surface area contributed by atoms with Crippen LogP contribution in [-0.2, 0) is 14.3 Å². The quantitative estimate of drug-likeness (QED) is 0.364. The van der Waals surface area contributed by atoms with Gasteiger partial charge in [0, 0.05) is 0 Å². The summed E-state index contributed by atoms with van der Waals surface area (Å²) in [6, 6.07) is 6.42. The molecule has 0 radical (unpaired) electrons. The second kappa shape index (κ2) is 8.61. The van der Waals surface area contributed by atoms with Gasteiger partial charge in [-0.1, -0.05) is 35.2 Å². The van der Waals surface area contributed by atoms with Crippen LogP contribution < -0.4 is 0 Å². The van der Waals surface area contributed by atoms with Gasteiger partial charge >= 0.3 is 5.97 Å². The summed E-state index contributed by atoms with van der Waals surface area (Å²) < 4.78 is 5.47. The van der Waals surface area contributed by atoms with E-state index in [4.69, 9.17) is 4.74 Å². The zero-order chi connectivity index (χ0) is 20.3. The zero-order valence-corrected chi connectivity index (χ0v) is 16.8. The molecule has 1 aromatic carbocycles. The van der Waals surface area contributed by atoms with Gasteiger partial charge in [0.15, 0.2) is 10.1 Å². The summed E-state index contributed by atoms with van der Waals surface area (Å²) in [4.78, 5) is 50.7. The van der Waals surface area contributed by atoms with Crippen molar-refractivity contribution in [2.45, 2.75) is 29.9 Å². The molecule has 1 aliphatic rings. The second-order valence-electron chi connectivity index (χ2n) is 5.91. The molecule has 3 rings (SSSR count). The molecule has 28 heavy (non-hydrogen) atoms. The van der Waals surface area contributed by atoms with Crippen LogP contribution in [0.25, 0.3) is 0 Å². The number of benzene rings is 1. The normalized spacial score (nSPS) is 14.1. The third-order valence-electron chi connectivity index (χ3n) is 3.96. The van der Waals surface area contributed by atoms with Crippen molar-refractivity contribution in [1.82, 2.24) is 15.1 Å². The minimum absolute atomic E-state index is 0.181. The van der Waals surface area contributed by atoms with Crippen LogP contribution in [0.5, 0.6) is 0 Å². The Labute approximate surface area is 169 Å². The van der Waals surface area contributed by atoms with Crippen molar-refractivity contribution in [1.29, 1.82) is 0 Å². The Kier molecular flexibility index (Phi) is 6.20. The van der Waals surface area contributed by atoms with Gasteiger partial charge in [-0.2, -0.15) is 0 Å². The van der Waals surface area contributed by atoms with Crippen LogP contribution in [-0.4, -0.2) is 57.1 Å². The van der Waals surface area contributed by atoms with Crippen molar-refractivity contribution in [2.24, 2.45) is 0 Å². The minimum atomic E-state index is -0.837. The molecule has 2 heterocycles. The number of imide groups is 1. The highest BCUT2D eigenvalue weighted by Crippen LogP contribution is 2.30. The van der Waals surface area contributed by atoms with Gasteiger partial charge in [0.25, 0.3) is 11.8 Å². The number of thioether (sulfide) groups is 1. The van der Waals surface area contributed by atoms with E-state index in [0.717, 1.165) is 21.7 Å². The molecule has 1 aliphatic heterocycles. The fraction of sp³-hybridized carbons (Fsp3) is 0.333. The van der Waals surface area contributed by atoms with E-state index < -0.39 is 35.4 Å². The van der Waals surface area contributed by atoms with Crippen LogP contribution in [0.1, 0.15) is 39.1 Å². The number of aromatic nitrogens is 2. The van der Waals surface area contributed by atoms with Crippen LogP contribution in [0.2, 0.25) is 0 Å². The van der Waals surface area contributed by atoms with Crippen LogP contribution in [0, 0.1) is 6.92 Å². The Morgan fingerprint density at radius 1 is 1.18 bits per heavy atom. The molecule has 0 saturated heterocycles. The molecule has 1 atom stereocenters. The van der Waals surface area contributed by atoms with E-state index in [0.29, 0.717) is 4.34 Å². The van der Waals surface area contributed by atoms with Crippen LogP contribution in [0.4, 0.5) is 0 Å². The van der Waals surface area contributed by atoms with E-state index in [-0.39, 0.29) is 24.2 Å². The molecule has 0 spiro atoms. The highest BCUT2D eigenvalue weighted by atomic mass is 32.2. The van der Waals surface area contributed by atoms with E-state index in [9.17, 15) is 19.2 Å². The van der Waals surface area contributed by atoms with Crippen molar-refractivity contribution in [3.05, 3.63) is 40.4 Å². The summed E-state index contributed by atoms with van der Waals surface area (Å²) in [6.07, 6.45) is -0.181. The predicted octanol–water partition coefficient (Wildman–Crippen LogP) is 2.13. The lowest BCUT2D eigenvalue weighted by atomic mass is 10.1. The number of hydrogen-bond donors (Lipinski definition) is 0. The maximum absolute atomic E-state index is 12.9. The van der Waals surface area contributed by atoms with E-state index >= 15 is 0 Å². The molecular formula is C18H17N3O5S2. The topological polar surface area (TPSA) is 107 Å². The number of ether oxygens (including phenoxy) is 1. The fourth-order valence-electron chi connectivity index (χ4n) is 2.68. The van der Waals surface area contributed by atoms with Crippen molar-refractivity contribution < 1.29 is 23.9 Å². The third-order valence-corrected chi connectivity index (χ3v) is 6.13. The first-order chi connectivity index (χ1) is 13.4. The van der Waals surface area contributed by atoms with Gasteiger partial charge in [0.05, 0.1) is 35.9 Å². The lowest BCUT2D eigenvalue weighted by molar-refractivity contribution is -0.144. The van der Waals surface area contributed by atoms with Crippen LogP contribution in [0.3, 0.4) is 0 Å². The Hall–Kier alpha value is -2.59. The second-order valence-corrected chi connectivity index (χ2v) is 8.54. The van der Waals surface area contributed by atoms with E-state index in [2.05, 4.69) is 10.2 Å². The smallest absolute Gasteiger partial charge is 0.307 e. The molecule has 8 nitrogen and oxygen atoms in total. The predicted molar refractivity (Wildman–Crippen MR) is 102 cm³/mol. The lowest BCUT2D eigenvalue weighted by Crippen LogP contribution is -2.39. The molecule has 146 valence electrons. The summed E-state index contributed by atoms with van der Waals surface area (Å²) in [5.41, 5.74) is 0.546. The number of carbonyl (C=O) groups excluding carboxylic acids is 4. The van der Waals surface area contributed by atoms with Crippen LogP contribution >= 0.6 is 23.1 Å². The SMILES string of the molecule is CCOC(=O)CC(Sc1nnc(C)s1)C(=O)CN1C(=O)c2ccccc2C1=O. The molecule has 1 aromatic heterocycles. The molecule has 10 heteroatoms. The molecule has 0 N–H and O–H groups in total. The van der Waals surface area contributed by atoms with Gasteiger partial charge in [-0.3, -0.25) is 24.1 Å². The van der Waals surface area contributed by atoms with E-state index in [1.54, 1.807) is 38.1 Å². The Bertz CT molecular complexity index is 908. The lowest BCUT2D eigenvalue weighted by Gasteiger charge is -2.17. The third kappa shape index (κ3) is 4.28. The first-order valence-corrected chi connectivity index (χ1v) is 10.2. The number of carbonyl (C=O) groups is 4. The molecule has 1 unspecified atom stereocenters. The Morgan fingerprint density at radius 2 is 1.82 bits per heavy atom. The zero-order valence-electron chi connectivity index (χ0n) is 15.2. The Balaban J connectivity index is 1.76. The van der Waals surface area contributed by atoms with Gasteiger partial charge in [-0.15, -0.1) is 10.2 Å². The maximum Gasteiger partial charge on any atom is 0.307 e. The first-order valence-electron chi connectivity index (χ1n) is 8.51. The summed E-state index contributed by atoms with van der Waals surface area (Å²) in [5, 5.41) is 7.76. The number of fused-ring (bicyclic) bond motifs is 1.